The summed E-state index contributed by atoms with van der Waals surface area (Å²) in [6.45, 7) is 2.90. The van der Waals surface area contributed by atoms with Crippen molar-refractivity contribution in [1.29, 1.82) is 0 Å². The largest absolute Gasteiger partial charge is 0.491 e. The van der Waals surface area contributed by atoms with E-state index in [1.54, 1.807) is 24.3 Å². The lowest BCUT2D eigenvalue weighted by Gasteiger charge is -2.12. The zero-order chi connectivity index (χ0) is 16.4. The molecule has 1 rings (SSSR count). The number of rotatable bonds is 10. The van der Waals surface area contributed by atoms with Crippen LogP contribution in [0, 0.1) is 0 Å². The van der Waals surface area contributed by atoms with E-state index in [9.17, 15) is 9.90 Å². The van der Waals surface area contributed by atoms with Gasteiger partial charge in [-0.2, -0.15) is 0 Å². The molecule has 1 aromatic rings. The molecule has 0 aromatic heterocycles. The number of aliphatic hydroxyl groups excluding tert-OH is 1. The second-order valence-electron chi connectivity index (χ2n) is 5.14. The summed E-state index contributed by atoms with van der Waals surface area (Å²) in [7, 11) is 0.277. The fourth-order valence-electron chi connectivity index (χ4n) is 1.65. The van der Waals surface area contributed by atoms with Gasteiger partial charge in [0, 0.05) is 12.3 Å². The number of nitrogens with one attached hydrogen (secondary N) is 1. The van der Waals surface area contributed by atoms with Gasteiger partial charge in [-0.15, -0.1) is 0 Å². The summed E-state index contributed by atoms with van der Waals surface area (Å²) in [6.07, 6.45) is 4.15. The van der Waals surface area contributed by atoms with Crippen molar-refractivity contribution in [2.45, 2.75) is 19.4 Å². The van der Waals surface area contributed by atoms with Gasteiger partial charge in [0.2, 0.25) is 5.91 Å². The van der Waals surface area contributed by atoms with Crippen molar-refractivity contribution in [3.63, 3.8) is 0 Å². The Morgan fingerprint density at radius 3 is 2.55 bits per heavy atom. The van der Waals surface area contributed by atoms with Gasteiger partial charge in [0.05, 0.1) is 25.5 Å². The predicted octanol–water partition coefficient (Wildman–Crippen LogP) is 1.67. The number of benzene rings is 1. The van der Waals surface area contributed by atoms with Gasteiger partial charge in [-0.3, -0.25) is 4.79 Å². The summed E-state index contributed by atoms with van der Waals surface area (Å²) >= 11 is 0. The number of carbonyl (C=O) groups excluding carboxylic acids is 1. The van der Waals surface area contributed by atoms with E-state index in [1.165, 1.54) is 0 Å². The van der Waals surface area contributed by atoms with Crippen LogP contribution in [0.1, 0.15) is 13.3 Å². The van der Waals surface area contributed by atoms with Crippen molar-refractivity contribution < 1.29 is 19.4 Å². The Labute approximate surface area is 135 Å². The van der Waals surface area contributed by atoms with E-state index < -0.39 is 6.10 Å². The highest BCUT2D eigenvalue weighted by atomic mass is 32.2. The number of anilines is 1. The Balaban J connectivity index is 2.34. The quantitative estimate of drug-likeness (QED) is 0.641. The minimum absolute atomic E-state index is 0.0296. The van der Waals surface area contributed by atoms with Crippen LogP contribution in [0.25, 0.3) is 0 Å². The van der Waals surface area contributed by atoms with Gasteiger partial charge in [-0.05, 0) is 42.1 Å². The van der Waals surface area contributed by atoms with Crippen LogP contribution in [0.5, 0.6) is 5.75 Å². The minimum Gasteiger partial charge on any atom is -0.491 e. The van der Waals surface area contributed by atoms with Crippen LogP contribution in [0.15, 0.2) is 24.3 Å². The van der Waals surface area contributed by atoms with E-state index in [1.807, 2.05) is 6.92 Å². The lowest BCUT2D eigenvalue weighted by Crippen LogP contribution is -2.23. The van der Waals surface area contributed by atoms with Crippen LogP contribution in [-0.4, -0.2) is 55.2 Å². The maximum atomic E-state index is 11.7. The van der Waals surface area contributed by atoms with E-state index in [0.29, 0.717) is 18.8 Å². The van der Waals surface area contributed by atoms with Gasteiger partial charge in [0.15, 0.2) is 0 Å². The van der Waals surface area contributed by atoms with Crippen LogP contribution in [0.3, 0.4) is 0 Å². The number of hydrogen-bond acceptors (Lipinski definition) is 4. The molecule has 0 spiro atoms. The number of amides is 1. The third-order valence-corrected chi connectivity index (χ3v) is 3.85. The molecular formula is C16H26NO4S+. The molecule has 0 aliphatic heterocycles. The normalized spacial score (nSPS) is 12.2. The Morgan fingerprint density at radius 1 is 1.27 bits per heavy atom. The van der Waals surface area contributed by atoms with Gasteiger partial charge in [-0.1, -0.05) is 0 Å². The monoisotopic (exact) mass is 328 g/mol. The Kier molecular flexibility index (Phi) is 8.96. The van der Waals surface area contributed by atoms with Crippen molar-refractivity contribution >= 4 is 22.5 Å². The molecule has 0 radical (unpaired) electrons. The lowest BCUT2D eigenvalue weighted by atomic mass is 10.3. The Morgan fingerprint density at radius 2 is 1.95 bits per heavy atom. The minimum atomic E-state index is -0.642. The topological polar surface area (TPSA) is 67.8 Å². The number of aliphatic hydroxyl groups is 1. The molecule has 0 bridgehead atoms. The third kappa shape index (κ3) is 8.26. The molecule has 6 heteroatoms. The van der Waals surface area contributed by atoms with E-state index in [0.717, 1.165) is 11.4 Å². The zero-order valence-corrected chi connectivity index (χ0v) is 14.3. The Bertz CT molecular complexity index is 436. The van der Waals surface area contributed by atoms with Crippen molar-refractivity contribution in [2.75, 3.05) is 43.4 Å². The molecular weight excluding hydrogens is 302 g/mol. The molecule has 0 fully saturated rings. The van der Waals surface area contributed by atoms with Crippen molar-refractivity contribution in [3.8, 4) is 5.75 Å². The van der Waals surface area contributed by atoms with Crippen LogP contribution >= 0.6 is 0 Å². The molecule has 0 unspecified atom stereocenters. The van der Waals surface area contributed by atoms with Gasteiger partial charge in [-0.25, -0.2) is 0 Å². The van der Waals surface area contributed by atoms with Crippen LogP contribution in [0.2, 0.25) is 0 Å². The van der Waals surface area contributed by atoms with Crippen LogP contribution < -0.4 is 10.1 Å². The second-order valence-corrected chi connectivity index (χ2v) is 7.52. The molecule has 0 heterocycles. The van der Waals surface area contributed by atoms with E-state index in [-0.39, 0.29) is 30.0 Å². The average Bonchev–Trinajstić information content (AvgIpc) is 2.50. The molecule has 1 amide bonds. The number of carbonyl (C=O) groups is 1. The van der Waals surface area contributed by atoms with E-state index >= 15 is 0 Å². The SMILES string of the molecule is CCOC[C@@H](O)COc1ccc(NC(=O)CC[S+](C)C)cc1. The zero-order valence-electron chi connectivity index (χ0n) is 13.5. The first-order chi connectivity index (χ1) is 10.5. The first-order valence-electron chi connectivity index (χ1n) is 7.34. The van der Waals surface area contributed by atoms with Crippen LogP contribution in [0.4, 0.5) is 5.69 Å². The van der Waals surface area contributed by atoms with E-state index in [2.05, 4.69) is 17.8 Å². The fraction of sp³-hybridized carbons (Fsp3) is 0.562. The molecule has 0 aliphatic carbocycles. The second kappa shape index (κ2) is 10.5. The first kappa shape index (κ1) is 18.8. The summed E-state index contributed by atoms with van der Waals surface area (Å²) in [5.41, 5.74) is 0.749. The highest BCUT2D eigenvalue weighted by molar-refractivity contribution is 7.95. The molecule has 22 heavy (non-hydrogen) atoms. The molecule has 0 aliphatic rings. The summed E-state index contributed by atoms with van der Waals surface area (Å²) in [6, 6.07) is 7.13. The van der Waals surface area contributed by atoms with Gasteiger partial charge >= 0.3 is 0 Å². The van der Waals surface area contributed by atoms with Crippen molar-refractivity contribution in [2.24, 2.45) is 0 Å². The molecule has 0 saturated carbocycles. The maximum absolute atomic E-state index is 11.7. The summed E-state index contributed by atoms with van der Waals surface area (Å²) < 4.78 is 10.6. The molecule has 124 valence electrons. The molecule has 1 aromatic carbocycles. The third-order valence-electron chi connectivity index (χ3n) is 2.83. The molecule has 5 nitrogen and oxygen atoms in total. The predicted molar refractivity (Wildman–Crippen MR) is 91.8 cm³/mol. The summed E-state index contributed by atoms with van der Waals surface area (Å²) in [5.74, 6) is 1.59. The first-order valence-corrected chi connectivity index (χ1v) is 9.55. The standard InChI is InChI=1S/C16H25NO4S/c1-4-20-11-14(18)12-21-15-7-5-13(6-8-15)17-16(19)9-10-22(2)3/h5-8,14,18H,4,9-12H2,1-3H3/p+1/t14-/m1/s1. The smallest absolute Gasteiger partial charge is 0.229 e. The van der Waals surface area contributed by atoms with Gasteiger partial charge < -0.3 is 19.9 Å². The Hall–Kier alpha value is -1.24. The fourth-order valence-corrected chi connectivity index (χ4v) is 2.24. The van der Waals surface area contributed by atoms with Gasteiger partial charge in [0.1, 0.15) is 24.2 Å². The van der Waals surface area contributed by atoms with Crippen LogP contribution in [-0.2, 0) is 20.4 Å². The highest BCUT2D eigenvalue weighted by Gasteiger charge is 2.09. The van der Waals surface area contributed by atoms with Gasteiger partial charge in [0.25, 0.3) is 0 Å². The number of ether oxygens (including phenoxy) is 2. The van der Waals surface area contributed by atoms with E-state index in [4.69, 9.17) is 9.47 Å². The average molecular weight is 328 g/mol. The molecule has 0 saturated heterocycles. The number of hydrogen-bond donors (Lipinski definition) is 2. The molecule has 2 N–H and O–H groups in total. The van der Waals surface area contributed by atoms with Crippen molar-refractivity contribution in [3.05, 3.63) is 24.3 Å². The van der Waals surface area contributed by atoms with Crippen molar-refractivity contribution in [1.82, 2.24) is 0 Å². The maximum Gasteiger partial charge on any atom is 0.229 e. The molecule has 1 atom stereocenters. The summed E-state index contributed by atoms with van der Waals surface area (Å²) in [5, 5.41) is 12.5. The summed E-state index contributed by atoms with van der Waals surface area (Å²) in [4.78, 5) is 11.7. The lowest BCUT2D eigenvalue weighted by molar-refractivity contribution is -0.115. The highest BCUT2D eigenvalue weighted by Crippen LogP contribution is 2.16.